The predicted molar refractivity (Wildman–Crippen MR) is 89.2 cm³/mol. The Kier molecular flexibility index (Phi) is 6.27. The summed E-state index contributed by atoms with van der Waals surface area (Å²) in [6, 6.07) is 10.5. The lowest BCUT2D eigenvalue weighted by Crippen LogP contribution is -2.39. The molecule has 2 N–H and O–H groups in total. The molecule has 2 aromatic carbocycles. The quantitative estimate of drug-likeness (QED) is 0.764. The Bertz CT molecular complexity index is 836. The third-order valence-electron chi connectivity index (χ3n) is 3.47. The molecule has 2 aromatic rings. The zero-order valence-electron chi connectivity index (χ0n) is 13.8. The third kappa shape index (κ3) is 6.01. The van der Waals surface area contributed by atoms with E-state index >= 15 is 0 Å². The zero-order valence-corrected chi connectivity index (χ0v) is 14.6. The highest BCUT2D eigenvalue weighted by Crippen LogP contribution is 2.24. The molecule has 0 fully saturated rings. The summed E-state index contributed by atoms with van der Waals surface area (Å²) in [4.78, 5) is -0.227. The fraction of sp³-hybridized carbons (Fsp3) is 0.294. The molecule has 1 unspecified atom stereocenters. The van der Waals surface area contributed by atoms with Gasteiger partial charge in [0.2, 0.25) is 10.0 Å². The summed E-state index contributed by atoms with van der Waals surface area (Å²) in [6.45, 7) is 1.47. The van der Waals surface area contributed by atoms with Crippen LogP contribution in [0.4, 0.5) is 13.2 Å². The Labute approximate surface area is 149 Å². The second kappa shape index (κ2) is 8.07. The molecule has 0 spiro atoms. The van der Waals surface area contributed by atoms with Crippen LogP contribution in [0.25, 0.3) is 0 Å². The SMILES string of the molecule is Cc1cccc(CC(CO)NS(=O)(=O)c2ccc(OC(F)(F)F)cc2)c1. The molecule has 0 radical (unpaired) electrons. The molecule has 0 saturated heterocycles. The number of aryl methyl sites for hydroxylation is 1. The van der Waals surface area contributed by atoms with Gasteiger partial charge in [0.1, 0.15) is 5.75 Å². The lowest BCUT2D eigenvalue weighted by molar-refractivity contribution is -0.274. The minimum Gasteiger partial charge on any atom is -0.406 e. The van der Waals surface area contributed by atoms with E-state index < -0.39 is 34.8 Å². The van der Waals surface area contributed by atoms with Gasteiger partial charge in [0.15, 0.2) is 0 Å². The van der Waals surface area contributed by atoms with Crippen molar-refractivity contribution >= 4 is 10.0 Å². The number of hydrogen-bond donors (Lipinski definition) is 2. The van der Waals surface area contributed by atoms with Crippen LogP contribution in [0.1, 0.15) is 11.1 Å². The minimum atomic E-state index is -4.85. The van der Waals surface area contributed by atoms with Crippen LogP contribution >= 0.6 is 0 Å². The molecule has 0 heterocycles. The topological polar surface area (TPSA) is 75.6 Å². The van der Waals surface area contributed by atoms with Crippen LogP contribution in [0.3, 0.4) is 0 Å². The first-order valence-corrected chi connectivity index (χ1v) is 9.12. The number of alkyl halides is 3. The van der Waals surface area contributed by atoms with Crippen molar-refractivity contribution in [2.75, 3.05) is 6.61 Å². The second-order valence-electron chi connectivity index (χ2n) is 5.71. The first-order chi connectivity index (χ1) is 12.1. The van der Waals surface area contributed by atoms with Crippen molar-refractivity contribution in [2.24, 2.45) is 0 Å². The van der Waals surface area contributed by atoms with Crippen LogP contribution < -0.4 is 9.46 Å². The molecule has 0 aliphatic heterocycles. The number of sulfonamides is 1. The van der Waals surface area contributed by atoms with Gasteiger partial charge in [0.05, 0.1) is 11.5 Å². The molecule has 1 atom stereocenters. The maximum absolute atomic E-state index is 12.4. The van der Waals surface area contributed by atoms with E-state index in [1.54, 1.807) is 0 Å². The smallest absolute Gasteiger partial charge is 0.406 e. The van der Waals surface area contributed by atoms with E-state index in [2.05, 4.69) is 9.46 Å². The van der Waals surface area contributed by atoms with E-state index in [0.717, 1.165) is 35.4 Å². The molecular weight excluding hydrogens is 371 g/mol. The van der Waals surface area contributed by atoms with Gasteiger partial charge in [-0.1, -0.05) is 29.8 Å². The fourth-order valence-corrected chi connectivity index (χ4v) is 3.60. The molecule has 0 aliphatic carbocycles. The lowest BCUT2D eigenvalue weighted by atomic mass is 10.1. The molecule has 0 aliphatic rings. The summed E-state index contributed by atoms with van der Waals surface area (Å²) >= 11 is 0. The van der Waals surface area contributed by atoms with Gasteiger partial charge in [-0.15, -0.1) is 13.2 Å². The predicted octanol–water partition coefficient (Wildman–Crippen LogP) is 2.78. The number of aliphatic hydroxyl groups excluding tert-OH is 1. The van der Waals surface area contributed by atoms with Crippen LogP contribution in [0.5, 0.6) is 5.75 Å². The maximum atomic E-state index is 12.4. The van der Waals surface area contributed by atoms with Crippen molar-refractivity contribution < 1.29 is 31.4 Å². The molecule has 26 heavy (non-hydrogen) atoms. The Morgan fingerprint density at radius 3 is 2.35 bits per heavy atom. The highest BCUT2D eigenvalue weighted by atomic mass is 32.2. The third-order valence-corrected chi connectivity index (χ3v) is 5.01. The Morgan fingerprint density at radius 2 is 1.81 bits per heavy atom. The fourth-order valence-electron chi connectivity index (χ4n) is 2.38. The zero-order chi connectivity index (χ0) is 19.4. The first kappa shape index (κ1) is 20.2. The van der Waals surface area contributed by atoms with Gasteiger partial charge in [0, 0.05) is 6.04 Å². The normalized spacial score (nSPS) is 13.4. The van der Waals surface area contributed by atoms with E-state index in [1.807, 2.05) is 31.2 Å². The number of hydrogen-bond acceptors (Lipinski definition) is 4. The highest BCUT2D eigenvalue weighted by molar-refractivity contribution is 7.89. The monoisotopic (exact) mass is 389 g/mol. The van der Waals surface area contributed by atoms with Crippen molar-refractivity contribution in [3.8, 4) is 5.75 Å². The molecule has 0 amide bonds. The van der Waals surface area contributed by atoms with Crippen LogP contribution in [-0.2, 0) is 16.4 Å². The van der Waals surface area contributed by atoms with E-state index in [1.165, 1.54) is 0 Å². The number of nitrogens with one attached hydrogen (secondary N) is 1. The van der Waals surface area contributed by atoms with Crippen LogP contribution in [0.2, 0.25) is 0 Å². The van der Waals surface area contributed by atoms with Crippen LogP contribution in [0, 0.1) is 6.92 Å². The average Bonchev–Trinajstić information content (AvgIpc) is 2.53. The summed E-state index contributed by atoms with van der Waals surface area (Å²) in [6.07, 6.45) is -4.58. The van der Waals surface area contributed by atoms with Crippen LogP contribution in [-0.4, -0.2) is 32.5 Å². The van der Waals surface area contributed by atoms with E-state index in [-0.39, 0.29) is 11.3 Å². The van der Waals surface area contributed by atoms with Crippen molar-refractivity contribution in [1.82, 2.24) is 4.72 Å². The van der Waals surface area contributed by atoms with Gasteiger partial charge in [-0.05, 0) is 43.2 Å². The molecule has 0 aromatic heterocycles. The molecule has 9 heteroatoms. The standard InChI is InChI=1S/C17H18F3NO4S/c1-12-3-2-4-13(9-12)10-14(11-22)21-26(23,24)16-7-5-15(6-8-16)25-17(18,19)20/h2-9,14,21-22H,10-11H2,1H3. The number of benzene rings is 2. The summed E-state index contributed by atoms with van der Waals surface area (Å²) in [7, 11) is -4.01. The van der Waals surface area contributed by atoms with Gasteiger partial charge >= 0.3 is 6.36 Å². The van der Waals surface area contributed by atoms with Gasteiger partial charge < -0.3 is 9.84 Å². The molecule has 5 nitrogen and oxygen atoms in total. The van der Waals surface area contributed by atoms with E-state index in [0.29, 0.717) is 0 Å². The van der Waals surface area contributed by atoms with Gasteiger partial charge in [-0.3, -0.25) is 0 Å². The average molecular weight is 389 g/mol. The molecule has 0 saturated carbocycles. The van der Waals surface area contributed by atoms with E-state index in [9.17, 15) is 26.7 Å². The summed E-state index contributed by atoms with van der Waals surface area (Å²) in [5.74, 6) is -0.519. The Balaban J connectivity index is 2.10. The lowest BCUT2D eigenvalue weighted by Gasteiger charge is -2.17. The first-order valence-electron chi connectivity index (χ1n) is 7.63. The van der Waals surface area contributed by atoms with Crippen molar-refractivity contribution in [2.45, 2.75) is 30.6 Å². The number of rotatable bonds is 7. The highest BCUT2D eigenvalue weighted by Gasteiger charge is 2.31. The maximum Gasteiger partial charge on any atom is 0.573 e. The number of aliphatic hydroxyl groups is 1. The summed E-state index contributed by atoms with van der Waals surface area (Å²) in [5, 5.41) is 9.47. The second-order valence-corrected chi connectivity index (χ2v) is 7.43. The van der Waals surface area contributed by atoms with Crippen LogP contribution in [0.15, 0.2) is 53.4 Å². The van der Waals surface area contributed by atoms with Crippen molar-refractivity contribution in [1.29, 1.82) is 0 Å². The number of halogens is 3. The number of ether oxygens (including phenoxy) is 1. The van der Waals surface area contributed by atoms with Gasteiger partial charge in [-0.2, -0.15) is 0 Å². The van der Waals surface area contributed by atoms with Gasteiger partial charge in [-0.25, -0.2) is 13.1 Å². The molecule has 142 valence electrons. The van der Waals surface area contributed by atoms with Crippen molar-refractivity contribution in [3.63, 3.8) is 0 Å². The largest absolute Gasteiger partial charge is 0.573 e. The summed E-state index contributed by atoms with van der Waals surface area (Å²) in [5.41, 5.74) is 1.85. The molecule has 0 bridgehead atoms. The van der Waals surface area contributed by atoms with Gasteiger partial charge in [0.25, 0.3) is 0 Å². The molecule has 2 rings (SSSR count). The minimum absolute atomic E-state index is 0.227. The van der Waals surface area contributed by atoms with Crippen molar-refractivity contribution in [3.05, 3.63) is 59.7 Å². The summed E-state index contributed by atoms with van der Waals surface area (Å²) < 4.78 is 67.2. The molecular formula is C17H18F3NO4S. The Morgan fingerprint density at radius 1 is 1.15 bits per heavy atom. The Hall–Kier alpha value is -2.10. The van der Waals surface area contributed by atoms with E-state index in [4.69, 9.17) is 0 Å².